The molecule has 0 bridgehead atoms. The Labute approximate surface area is 103 Å². The second-order valence-electron chi connectivity index (χ2n) is 4.20. The number of aliphatic hydroxyl groups is 1. The van der Waals surface area contributed by atoms with Crippen LogP contribution >= 0.6 is 11.6 Å². The van der Waals surface area contributed by atoms with Gasteiger partial charge in [-0.25, -0.2) is 0 Å². The van der Waals surface area contributed by atoms with Gasteiger partial charge in [0.05, 0.1) is 17.3 Å². The van der Waals surface area contributed by atoms with Crippen LogP contribution in [-0.4, -0.2) is 18.3 Å². The molecule has 0 aliphatic rings. The first-order valence-electron chi connectivity index (χ1n) is 5.76. The van der Waals surface area contributed by atoms with Crippen LogP contribution in [0.2, 0.25) is 5.02 Å². The Morgan fingerprint density at radius 2 is 1.88 bits per heavy atom. The number of hydrogen-bond donors (Lipinski definition) is 2. The molecule has 3 heteroatoms. The predicted molar refractivity (Wildman–Crippen MR) is 70.0 cm³/mol. The smallest absolute Gasteiger partial charge is 0.0637 e. The second kappa shape index (κ2) is 6.12. The highest BCUT2D eigenvalue weighted by Crippen LogP contribution is 2.28. The first-order valence-corrected chi connectivity index (χ1v) is 6.14. The van der Waals surface area contributed by atoms with Crippen LogP contribution in [-0.2, 0) is 0 Å². The van der Waals surface area contributed by atoms with Gasteiger partial charge >= 0.3 is 0 Å². The Kier molecular flexibility index (Phi) is 5.10. The molecule has 0 aromatic heterocycles. The van der Waals surface area contributed by atoms with E-state index in [0.29, 0.717) is 0 Å². The standard InChI is InChI=1S/C13H20ClNO/c1-3-13(4-2,10-16)9-15-12-8-6-5-7-11(12)14/h5-8,15-16H,3-4,9-10H2,1-2H3. The molecule has 0 aliphatic heterocycles. The summed E-state index contributed by atoms with van der Waals surface area (Å²) in [6, 6.07) is 7.68. The van der Waals surface area contributed by atoms with E-state index in [1.54, 1.807) is 0 Å². The fourth-order valence-corrected chi connectivity index (χ4v) is 1.87. The Balaban J connectivity index is 2.66. The van der Waals surface area contributed by atoms with E-state index in [4.69, 9.17) is 11.6 Å². The van der Waals surface area contributed by atoms with Crippen LogP contribution in [0, 0.1) is 5.41 Å². The van der Waals surface area contributed by atoms with Gasteiger partial charge in [-0.1, -0.05) is 37.6 Å². The number of rotatable bonds is 6. The first-order chi connectivity index (χ1) is 7.67. The largest absolute Gasteiger partial charge is 0.396 e. The molecular formula is C13H20ClNO. The van der Waals surface area contributed by atoms with Crippen LogP contribution in [0.5, 0.6) is 0 Å². The summed E-state index contributed by atoms with van der Waals surface area (Å²) in [5.41, 5.74) is 0.892. The highest BCUT2D eigenvalue weighted by molar-refractivity contribution is 6.33. The summed E-state index contributed by atoms with van der Waals surface area (Å²) < 4.78 is 0. The van der Waals surface area contributed by atoms with Crippen LogP contribution in [0.1, 0.15) is 26.7 Å². The molecule has 16 heavy (non-hydrogen) atoms. The van der Waals surface area contributed by atoms with E-state index in [2.05, 4.69) is 19.2 Å². The molecule has 0 fully saturated rings. The maximum absolute atomic E-state index is 9.45. The summed E-state index contributed by atoms with van der Waals surface area (Å²) in [7, 11) is 0. The van der Waals surface area contributed by atoms with Crippen molar-refractivity contribution in [1.82, 2.24) is 0 Å². The van der Waals surface area contributed by atoms with Crippen molar-refractivity contribution in [2.45, 2.75) is 26.7 Å². The molecule has 0 saturated heterocycles. The number of benzene rings is 1. The number of anilines is 1. The molecule has 0 spiro atoms. The van der Waals surface area contributed by atoms with E-state index in [1.807, 2.05) is 24.3 Å². The molecule has 1 aromatic rings. The molecule has 0 amide bonds. The number of hydrogen-bond acceptors (Lipinski definition) is 2. The highest BCUT2D eigenvalue weighted by atomic mass is 35.5. The normalized spacial score (nSPS) is 11.5. The fourth-order valence-electron chi connectivity index (χ4n) is 1.67. The quantitative estimate of drug-likeness (QED) is 0.798. The van der Waals surface area contributed by atoms with E-state index in [1.165, 1.54) is 0 Å². The van der Waals surface area contributed by atoms with Crippen LogP contribution in [0.25, 0.3) is 0 Å². The molecular weight excluding hydrogens is 222 g/mol. The molecule has 2 nitrogen and oxygen atoms in total. The number of aliphatic hydroxyl groups excluding tert-OH is 1. The summed E-state index contributed by atoms with van der Waals surface area (Å²) in [4.78, 5) is 0. The van der Waals surface area contributed by atoms with E-state index in [-0.39, 0.29) is 12.0 Å². The van der Waals surface area contributed by atoms with Gasteiger partial charge in [0.2, 0.25) is 0 Å². The Morgan fingerprint density at radius 1 is 1.25 bits per heavy atom. The van der Waals surface area contributed by atoms with Gasteiger partial charge in [0, 0.05) is 12.0 Å². The molecule has 0 unspecified atom stereocenters. The molecule has 0 radical (unpaired) electrons. The second-order valence-corrected chi connectivity index (χ2v) is 4.61. The summed E-state index contributed by atoms with van der Waals surface area (Å²) in [5.74, 6) is 0. The van der Waals surface area contributed by atoms with Crippen LogP contribution in [0.15, 0.2) is 24.3 Å². The minimum Gasteiger partial charge on any atom is -0.396 e. The van der Waals surface area contributed by atoms with Crippen molar-refractivity contribution in [3.63, 3.8) is 0 Å². The van der Waals surface area contributed by atoms with Crippen molar-refractivity contribution < 1.29 is 5.11 Å². The topological polar surface area (TPSA) is 32.3 Å². The third-order valence-electron chi connectivity index (χ3n) is 3.36. The van der Waals surface area contributed by atoms with Crippen LogP contribution in [0.4, 0.5) is 5.69 Å². The third-order valence-corrected chi connectivity index (χ3v) is 3.69. The summed E-state index contributed by atoms with van der Waals surface area (Å²) >= 11 is 6.06. The zero-order valence-corrected chi connectivity index (χ0v) is 10.7. The van der Waals surface area contributed by atoms with Gasteiger partial charge < -0.3 is 10.4 Å². The Hall–Kier alpha value is -0.730. The molecule has 90 valence electrons. The molecule has 0 atom stereocenters. The van der Waals surface area contributed by atoms with E-state index in [0.717, 1.165) is 30.1 Å². The number of nitrogens with one attached hydrogen (secondary N) is 1. The maximum atomic E-state index is 9.45. The lowest BCUT2D eigenvalue weighted by Crippen LogP contribution is -2.32. The van der Waals surface area contributed by atoms with Gasteiger partial charge in [-0.05, 0) is 25.0 Å². The minimum atomic E-state index is -0.0425. The monoisotopic (exact) mass is 241 g/mol. The number of para-hydroxylation sites is 1. The highest BCUT2D eigenvalue weighted by Gasteiger charge is 2.24. The average Bonchev–Trinajstić information content (AvgIpc) is 2.34. The summed E-state index contributed by atoms with van der Waals surface area (Å²) in [6.45, 7) is 5.17. The first kappa shape index (κ1) is 13.3. The molecule has 2 N–H and O–H groups in total. The Bertz CT molecular complexity index is 315. The van der Waals surface area contributed by atoms with Crippen molar-refractivity contribution in [3.05, 3.63) is 29.3 Å². The van der Waals surface area contributed by atoms with Crippen molar-refractivity contribution in [3.8, 4) is 0 Å². The molecule has 1 rings (SSSR count). The summed E-state index contributed by atoms with van der Waals surface area (Å²) in [5, 5.41) is 13.5. The molecule has 0 saturated carbocycles. The van der Waals surface area contributed by atoms with Gasteiger partial charge in [0.1, 0.15) is 0 Å². The van der Waals surface area contributed by atoms with Gasteiger partial charge in [-0.3, -0.25) is 0 Å². The van der Waals surface area contributed by atoms with Crippen molar-refractivity contribution in [1.29, 1.82) is 0 Å². The van der Waals surface area contributed by atoms with Crippen LogP contribution in [0.3, 0.4) is 0 Å². The van der Waals surface area contributed by atoms with Crippen LogP contribution < -0.4 is 5.32 Å². The van der Waals surface area contributed by atoms with E-state index in [9.17, 15) is 5.11 Å². The lowest BCUT2D eigenvalue weighted by molar-refractivity contribution is 0.127. The average molecular weight is 242 g/mol. The molecule has 0 aliphatic carbocycles. The van der Waals surface area contributed by atoms with Crippen molar-refractivity contribution >= 4 is 17.3 Å². The minimum absolute atomic E-state index is 0.0425. The molecule has 0 heterocycles. The SMILES string of the molecule is CCC(CC)(CO)CNc1ccccc1Cl. The van der Waals surface area contributed by atoms with Gasteiger partial charge in [0.25, 0.3) is 0 Å². The van der Waals surface area contributed by atoms with Gasteiger partial charge in [-0.2, -0.15) is 0 Å². The lowest BCUT2D eigenvalue weighted by atomic mass is 9.83. The van der Waals surface area contributed by atoms with Gasteiger partial charge in [0.15, 0.2) is 0 Å². The molecule has 1 aromatic carbocycles. The van der Waals surface area contributed by atoms with Crippen molar-refractivity contribution in [2.75, 3.05) is 18.5 Å². The lowest BCUT2D eigenvalue weighted by Gasteiger charge is -2.30. The van der Waals surface area contributed by atoms with Gasteiger partial charge in [-0.15, -0.1) is 0 Å². The third kappa shape index (κ3) is 3.13. The summed E-state index contributed by atoms with van der Waals surface area (Å²) in [6.07, 6.45) is 1.91. The van der Waals surface area contributed by atoms with E-state index >= 15 is 0 Å². The number of halogens is 1. The zero-order chi connectivity index (χ0) is 12.0. The maximum Gasteiger partial charge on any atom is 0.0637 e. The zero-order valence-electron chi connectivity index (χ0n) is 9.96. The Morgan fingerprint density at radius 3 is 2.38 bits per heavy atom. The fraction of sp³-hybridized carbons (Fsp3) is 0.538. The predicted octanol–water partition coefficient (Wildman–Crippen LogP) is 3.55. The van der Waals surface area contributed by atoms with Crippen molar-refractivity contribution in [2.24, 2.45) is 5.41 Å². The van der Waals surface area contributed by atoms with E-state index < -0.39 is 0 Å².